The topological polar surface area (TPSA) is 68.5 Å². The van der Waals surface area contributed by atoms with Crippen LogP contribution in [0.25, 0.3) is 5.65 Å². The highest BCUT2D eigenvalue weighted by Gasteiger charge is 2.17. The lowest BCUT2D eigenvalue weighted by Gasteiger charge is -2.06. The summed E-state index contributed by atoms with van der Waals surface area (Å²) in [7, 11) is -3.54. The first kappa shape index (κ1) is 19.1. The largest absolute Gasteiger partial charge is 0.307 e. The Morgan fingerprint density at radius 2 is 1.55 bits per heavy atom. The van der Waals surface area contributed by atoms with Gasteiger partial charge in [0.25, 0.3) is 0 Å². The number of imidazole rings is 1. The molecule has 0 saturated carbocycles. The van der Waals surface area contributed by atoms with E-state index in [0.29, 0.717) is 19.3 Å². The standard InChI is InChI=1S/C23H20N2O3S/c26-20(10-6-19-9-13-23-24-14-15-25(23)17-19)16-18-7-11-22(12-8-18)29(27,28)21-4-2-1-3-5-21/h1-5,7-9,11-15,17H,6,10,16H2. The number of benzene rings is 2. The molecule has 2 aromatic heterocycles. The summed E-state index contributed by atoms with van der Waals surface area (Å²) in [4.78, 5) is 17.1. The molecule has 0 fully saturated rings. The zero-order chi connectivity index (χ0) is 20.3. The Morgan fingerprint density at radius 3 is 2.31 bits per heavy atom. The highest BCUT2D eigenvalue weighted by Crippen LogP contribution is 2.21. The van der Waals surface area contributed by atoms with Crippen LogP contribution in [0.1, 0.15) is 17.5 Å². The number of nitrogens with zero attached hydrogens (tertiary/aromatic N) is 2. The number of aryl methyl sites for hydroxylation is 1. The summed E-state index contributed by atoms with van der Waals surface area (Å²) in [5, 5.41) is 0. The molecular weight excluding hydrogens is 384 g/mol. The van der Waals surface area contributed by atoms with Gasteiger partial charge in [-0.05, 0) is 47.9 Å². The van der Waals surface area contributed by atoms with Crippen molar-refractivity contribution in [3.05, 3.63) is 96.4 Å². The van der Waals surface area contributed by atoms with E-state index in [-0.39, 0.29) is 15.6 Å². The molecule has 0 amide bonds. The fourth-order valence-corrected chi connectivity index (χ4v) is 4.52. The maximum atomic E-state index is 12.6. The first-order valence-electron chi connectivity index (χ1n) is 9.35. The van der Waals surface area contributed by atoms with Crippen LogP contribution in [0.5, 0.6) is 0 Å². The summed E-state index contributed by atoms with van der Waals surface area (Å²) in [5.41, 5.74) is 2.77. The van der Waals surface area contributed by atoms with Crippen LogP contribution in [0.4, 0.5) is 0 Å². The van der Waals surface area contributed by atoms with Gasteiger partial charge in [-0.15, -0.1) is 0 Å². The van der Waals surface area contributed by atoms with Crippen LogP contribution < -0.4 is 0 Å². The van der Waals surface area contributed by atoms with Gasteiger partial charge in [-0.25, -0.2) is 13.4 Å². The average Bonchev–Trinajstić information content (AvgIpc) is 3.21. The monoisotopic (exact) mass is 404 g/mol. The molecule has 2 aromatic carbocycles. The number of sulfone groups is 1. The Balaban J connectivity index is 1.38. The molecule has 0 bridgehead atoms. The van der Waals surface area contributed by atoms with E-state index in [0.717, 1.165) is 16.8 Å². The van der Waals surface area contributed by atoms with Crippen LogP contribution >= 0.6 is 0 Å². The molecule has 0 N–H and O–H groups in total. The molecule has 0 aliphatic heterocycles. The smallest absolute Gasteiger partial charge is 0.206 e. The van der Waals surface area contributed by atoms with Crippen LogP contribution in [0.15, 0.2) is 95.1 Å². The van der Waals surface area contributed by atoms with E-state index in [2.05, 4.69) is 4.98 Å². The first-order chi connectivity index (χ1) is 14.0. The molecule has 0 saturated heterocycles. The number of hydrogen-bond acceptors (Lipinski definition) is 4. The molecule has 0 aliphatic rings. The average molecular weight is 404 g/mol. The minimum Gasteiger partial charge on any atom is -0.307 e. The fourth-order valence-electron chi connectivity index (χ4n) is 3.24. The molecule has 0 radical (unpaired) electrons. The zero-order valence-corrected chi connectivity index (χ0v) is 16.5. The van der Waals surface area contributed by atoms with E-state index in [1.807, 2.05) is 28.9 Å². The zero-order valence-electron chi connectivity index (χ0n) is 15.7. The Labute approximate surface area is 169 Å². The Hall–Kier alpha value is -3.25. The lowest BCUT2D eigenvalue weighted by Crippen LogP contribution is -2.06. The second-order valence-corrected chi connectivity index (χ2v) is 8.86. The molecule has 0 unspecified atom stereocenters. The van der Waals surface area contributed by atoms with Crippen molar-refractivity contribution in [1.29, 1.82) is 0 Å². The van der Waals surface area contributed by atoms with Crippen LogP contribution in [-0.2, 0) is 27.5 Å². The van der Waals surface area contributed by atoms with E-state index >= 15 is 0 Å². The summed E-state index contributed by atoms with van der Waals surface area (Å²) < 4.78 is 27.2. The third-order valence-electron chi connectivity index (χ3n) is 4.83. The number of ketones is 1. The highest BCUT2D eigenvalue weighted by atomic mass is 32.2. The maximum absolute atomic E-state index is 12.6. The van der Waals surface area contributed by atoms with Crippen LogP contribution in [0.3, 0.4) is 0 Å². The minimum absolute atomic E-state index is 0.120. The third-order valence-corrected chi connectivity index (χ3v) is 6.62. The van der Waals surface area contributed by atoms with Gasteiger partial charge in [0.05, 0.1) is 9.79 Å². The molecule has 0 atom stereocenters. The fraction of sp³-hybridized carbons (Fsp3) is 0.130. The van der Waals surface area contributed by atoms with Crippen molar-refractivity contribution < 1.29 is 13.2 Å². The van der Waals surface area contributed by atoms with Gasteiger partial charge in [-0.1, -0.05) is 36.4 Å². The van der Waals surface area contributed by atoms with E-state index in [1.54, 1.807) is 60.8 Å². The first-order valence-corrected chi connectivity index (χ1v) is 10.8. The SMILES string of the molecule is O=C(CCc1ccc2nccn2c1)Cc1ccc(S(=O)(=O)c2ccccc2)cc1. The van der Waals surface area contributed by atoms with Crippen molar-refractivity contribution in [1.82, 2.24) is 9.38 Å². The van der Waals surface area contributed by atoms with E-state index in [1.165, 1.54) is 0 Å². The molecule has 4 aromatic rings. The third kappa shape index (κ3) is 4.27. The normalized spacial score (nSPS) is 11.6. The van der Waals surface area contributed by atoms with Gasteiger partial charge in [0.2, 0.25) is 9.84 Å². The molecule has 4 rings (SSSR count). The molecule has 29 heavy (non-hydrogen) atoms. The van der Waals surface area contributed by atoms with Crippen molar-refractivity contribution in [2.45, 2.75) is 29.1 Å². The lowest BCUT2D eigenvalue weighted by molar-refractivity contribution is -0.118. The number of hydrogen-bond donors (Lipinski definition) is 0. The summed E-state index contributed by atoms with van der Waals surface area (Å²) in [6.45, 7) is 0. The quantitative estimate of drug-likeness (QED) is 0.468. The van der Waals surface area contributed by atoms with Gasteiger partial charge in [-0.3, -0.25) is 4.79 Å². The maximum Gasteiger partial charge on any atom is 0.206 e. The van der Waals surface area contributed by atoms with Crippen molar-refractivity contribution in [2.75, 3.05) is 0 Å². The van der Waals surface area contributed by atoms with Gasteiger partial charge in [-0.2, -0.15) is 0 Å². The summed E-state index contributed by atoms with van der Waals surface area (Å²) >= 11 is 0. The Morgan fingerprint density at radius 1 is 0.862 bits per heavy atom. The predicted octanol–water partition coefficient (Wildman–Crippen LogP) is 3.91. The van der Waals surface area contributed by atoms with Crippen LogP contribution in [0, 0.1) is 0 Å². The molecule has 5 nitrogen and oxygen atoms in total. The Bertz CT molecular complexity index is 1240. The van der Waals surface area contributed by atoms with Crippen LogP contribution in [-0.4, -0.2) is 23.6 Å². The number of Topliss-reactive ketones (excluding diaryl/α,β-unsaturated/α-hetero) is 1. The molecule has 146 valence electrons. The molecule has 0 aliphatic carbocycles. The van der Waals surface area contributed by atoms with Gasteiger partial charge in [0.15, 0.2) is 0 Å². The second-order valence-electron chi connectivity index (χ2n) is 6.91. The summed E-state index contributed by atoms with van der Waals surface area (Å²) in [6.07, 6.45) is 6.99. The van der Waals surface area contributed by atoms with E-state index in [4.69, 9.17) is 0 Å². The van der Waals surface area contributed by atoms with Crippen molar-refractivity contribution in [3.8, 4) is 0 Å². The predicted molar refractivity (Wildman–Crippen MR) is 111 cm³/mol. The second kappa shape index (κ2) is 8.01. The molecule has 0 spiro atoms. The number of pyridine rings is 1. The van der Waals surface area contributed by atoms with E-state index < -0.39 is 9.84 Å². The lowest BCUT2D eigenvalue weighted by atomic mass is 10.0. The molecule has 6 heteroatoms. The van der Waals surface area contributed by atoms with Crippen molar-refractivity contribution in [3.63, 3.8) is 0 Å². The number of carbonyl (C=O) groups excluding carboxylic acids is 1. The van der Waals surface area contributed by atoms with Crippen molar-refractivity contribution >= 4 is 21.3 Å². The van der Waals surface area contributed by atoms with E-state index in [9.17, 15) is 13.2 Å². The Kier molecular flexibility index (Phi) is 5.27. The van der Waals surface area contributed by atoms with Gasteiger partial charge >= 0.3 is 0 Å². The number of aromatic nitrogens is 2. The molecule has 2 heterocycles. The number of carbonyl (C=O) groups is 1. The van der Waals surface area contributed by atoms with Crippen LogP contribution in [0.2, 0.25) is 0 Å². The van der Waals surface area contributed by atoms with Gasteiger partial charge in [0.1, 0.15) is 11.4 Å². The summed E-state index contributed by atoms with van der Waals surface area (Å²) in [5.74, 6) is 0.120. The van der Waals surface area contributed by atoms with Gasteiger partial charge in [0, 0.05) is 31.4 Å². The molecular formula is C23H20N2O3S. The number of fused-ring (bicyclic) bond motifs is 1. The minimum atomic E-state index is -3.54. The van der Waals surface area contributed by atoms with Crippen molar-refractivity contribution in [2.24, 2.45) is 0 Å². The number of rotatable bonds is 7. The van der Waals surface area contributed by atoms with Gasteiger partial charge < -0.3 is 4.40 Å². The highest BCUT2D eigenvalue weighted by molar-refractivity contribution is 7.91. The summed E-state index contributed by atoms with van der Waals surface area (Å²) in [6, 6.07) is 18.8.